The smallest absolute Gasteiger partial charge is 0.143 e. The number of ether oxygens (including phenoxy) is 1. The molecule has 0 unspecified atom stereocenters. The van der Waals surface area contributed by atoms with Gasteiger partial charge in [0.05, 0.1) is 18.5 Å². The largest absolute Gasteiger partial charge is 0.508 e. The zero-order valence-electron chi connectivity index (χ0n) is 13.5. The van der Waals surface area contributed by atoms with E-state index in [0.29, 0.717) is 23.2 Å². The molecule has 6 heteroatoms. The highest BCUT2D eigenvalue weighted by atomic mass is 16.5. The van der Waals surface area contributed by atoms with Crippen molar-refractivity contribution >= 4 is 23.0 Å². The van der Waals surface area contributed by atoms with Crippen molar-refractivity contribution in [2.45, 2.75) is 6.92 Å². The van der Waals surface area contributed by atoms with Crippen molar-refractivity contribution in [2.24, 2.45) is 0 Å². The molecule has 122 valence electrons. The Morgan fingerprint density at radius 1 is 1.04 bits per heavy atom. The fourth-order valence-electron chi connectivity index (χ4n) is 2.53. The molecule has 0 saturated heterocycles. The summed E-state index contributed by atoms with van der Waals surface area (Å²) in [5.74, 6) is 2.36. The van der Waals surface area contributed by atoms with E-state index in [1.807, 2.05) is 35.2 Å². The number of benzene rings is 2. The van der Waals surface area contributed by atoms with Gasteiger partial charge in [0.25, 0.3) is 0 Å². The van der Waals surface area contributed by atoms with Crippen LogP contribution in [0.4, 0.5) is 23.0 Å². The lowest BCUT2D eigenvalue weighted by atomic mass is 10.2. The summed E-state index contributed by atoms with van der Waals surface area (Å²) in [6.45, 7) is 1.78. The van der Waals surface area contributed by atoms with Crippen LogP contribution in [0.1, 0.15) is 5.82 Å². The predicted octanol–water partition coefficient (Wildman–Crippen LogP) is 3.55. The van der Waals surface area contributed by atoms with Crippen LogP contribution in [0, 0.1) is 6.92 Å². The van der Waals surface area contributed by atoms with Crippen molar-refractivity contribution in [2.75, 3.05) is 17.7 Å². The number of anilines is 4. The van der Waals surface area contributed by atoms with E-state index in [1.54, 1.807) is 38.3 Å². The van der Waals surface area contributed by atoms with E-state index in [1.165, 1.54) is 0 Å². The van der Waals surface area contributed by atoms with Crippen molar-refractivity contribution in [3.8, 4) is 11.5 Å². The fraction of sp³-hybridized carbons (Fsp3) is 0.111. The first kappa shape index (κ1) is 15.6. The number of hydrogen-bond acceptors (Lipinski definition) is 6. The van der Waals surface area contributed by atoms with Crippen molar-refractivity contribution in [3.63, 3.8) is 0 Å². The monoisotopic (exact) mass is 322 g/mol. The van der Waals surface area contributed by atoms with Crippen LogP contribution < -0.4 is 15.4 Å². The van der Waals surface area contributed by atoms with E-state index in [4.69, 9.17) is 10.5 Å². The lowest BCUT2D eigenvalue weighted by molar-refractivity contribution is 0.416. The zero-order valence-corrected chi connectivity index (χ0v) is 13.5. The Balaban J connectivity index is 2.24. The predicted molar refractivity (Wildman–Crippen MR) is 94.1 cm³/mol. The van der Waals surface area contributed by atoms with Crippen molar-refractivity contribution in [3.05, 3.63) is 60.4 Å². The Kier molecular flexibility index (Phi) is 4.20. The van der Waals surface area contributed by atoms with Crippen molar-refractivity contribution < 1.29 is 9.84 Å². The molecule has 1 heterocycles. The van der Waals surface area contributed by atoms with Crippen LogP contribution in [0.5, 0.6) is 11.5 Å². The zero-order chi connectivity index (χ0) is 17.1. The van der Waals surface area contributed by atoms with Crippen LogP contribution >= 0.6 is 0 Å². The van der Waals surface area contributed by atoms with Gasteiger partial charge in [0.15, 0.2) is 0 Å². The molecule has 0 aliphatic heterocycles. The molecule has 24 heavy (non-hydrogen) atoms. The number of hydrogen-bond donors (Lipinski definition) is 2. The van der Waals surface area contributed by atoms with Crippen LogP contribution in [0.15, 0.2) is 54.6 Å². The molecule has 3 N–H and O–H groups in total. The topological polar surface area (TPSA) is 84.5 Å². The Labute approximate surface area is 140 Å². The number of aromatic hydroxyl groups is 1. The molecule has 0 radical (unpaired) electrons. The van der Waals surface area contributed by atoms with E-state index < -0.39 is 0 Å². The lowest BCUT2D eigenvalue weighted by Gasteiger charge is -2.26. The Morgan fingerprint density at radius 2 is 1.83 bits per heavy atom. The van der Waals surface area contributed by atoms with Gasteiger partial charge in [0.2, 0.25) is 0 Å². The summed E-state index contributed by atoms with van der Waals surface area (Å²) in [6.07, 6.45) is 0. The summed E-state index contributed by atoms with van der Waals surface area (Å²) in [4.78, 5) is 10.5. The van der Waals surface area contributed by atoms with Gasteiger partial charge in [-0.05, 0) is 31.2 Å². The maximum absolute atomic E-state index is 9.88. The summed E-state index contributed by atoms with van der Waals surface area (Å²) >= 11 is 0. The van der Waals surface area contributed by atoms with Crippen molar-refractivity contribution in [1.82, 2.24) is 9.97 Å². The van der Waals surface area contributed by atoms with Gasteiger partial charge in [0.1, 0.15) is 29.0 Å². The van der Waals surface area contributed by atoms with Gasteiger partial charge in [-0.15, -0.1) is 0 Å². The molecule has 1 aromatic heterocycles. The first-order valence-electron chi connectivity index (χ1n) is 7.42. The van der Waals surface area contributed by atoms with Crippen LogP contribution in [0.2, 0.25) is 0 Å². The SMILES string of the molecule is COc1ccccc1N(c1cccc(O)c1)c1cc(N)nc(C)n1. The van der Waals surface area contributed by atoms with Gasteiger partial charge in [-0.1, -0.05) is 18.2 Å². The summed E-state index contributed by atoms with van der Waals surface area (Å²) in [7, 11) is 1.61. The van der Waals surface area contributed by atoms with Crippen LogP contribution in [0.3, 0.4) is 0 Å². The van der Waals surface area contributed by atoms with E-state index in [-0.39, 0.29) is 5.75 Å². The minimum atomic E-state index is 0.158. The Bertz CT molecular complexity index is 847. The van der Waals surface area contributed by atoms with Crippen molar-refractivity contribution in [1.29, 1.82) is 0 Å². The Morgan fingerprint density at radius 3 is 2.54 bits per heavy atom. The number of phenolic OH excluding ortho intramolecular Hbond substituents is 1. The third kappa shape index (κ3) is 3.08. The number of methoxy groups -OCH3 is 1. The highest BCUT2D eigenvalue weighted by Gasteiger charge is 2.18. The van der Waals surface area contributed by atoms with Gasteiger partial charge < -0.3 is 15.6 Å². The van der Waals surface area contributed by atoms with Gasteiger partial charge in [-0.2, -0.15) is 0 Å². The molecule has 0 aliphatic carbocycles. The molecule has 2 aromatic carbocycles. The average molecular weight is 322 g/mol. The maximum atomic E-state index is 9.88. The third-order valence-corrected chi connectivity index (χ3v) is 3.49. The van der Waals surface area contributed by atoms with Gasteiger partial charge in [-0.25, -0.2) is 9.97 Å². The minimum Gasteiger partial charge on any atom is -0.508 e. The van der Waals surface area contributed by atoms with E-state index in [9.17, 15) is 5.11 Å². The van der Waals surface area contributed by atoms with Gasteiger partial charge in [0, 0.05) is 12.1 Å². The number of nitrogens with two attached hydrogens (primary N) is 1. The normalized spacial score (nSPS) is 10.4. The quantitative estimate of drug-likeness (QED) is 0.764. The van der Waals surface area contributed by atoms with Gasteiger partial charge >= 0.3 is 0 Å². The summed E-state index contributed by atoms with van der Waals surface area (Å²) < 4.78 is 5.48. The second-order valence-electron chi connectivity index (χ2n) is 5.23. The first-order chi connectivity index (χ1) is 11.6. The molecule has 6 nitrogen and oxygen atoms in total. The van der Waals surface area contributed by atoms with E-state index in [0.717, 1.165) is 11.4 Å². The molecule has 0 saturated carbocycles. The average Bonchev–Trinajstić information content (AvgIpc) is 2.55. The van der Waals surface area contributed by atoms with Gasteiger partial charge in [-0.3, -0.25) is 4.90 Å². The van der Waals surface area contributed by atoms with Crippen LogP contribution in [0.25, 0.3) is 0 Å². The number of nitrogen functional groups attached to an aromatic ring is 1. The number of rotatable bonds is 4. The number of para-hydroxylation sites is 2. The number of aromatic nitrogens is 2. The molecule has 0 amide bonds. The summed E-state index contributed by atoms with van der Waals surface area (Å²) in [5.41, 5.74) is 7.41. The minimum absolute atomic E-state index is 0.158. The Hall–Kier alpha value is -3.28. The second-order valence-corrected chi connectivity index (χ2v) is 5.23. The maximum Gasteiger partial charge on any atom is 0.143 e. The standard InChI is InChI=1S/C18H18N4O2/c1-12-20-17(19)11-18(21-12)22(13-6-5-7-14(23)10-13)15-8-3-4-9-16(15)24-2/h3-11,23H,1-2H3,(H2,19,20,21). The van der Waals surface area contributed by atoms with Crippen LogP contribution in [-0.4, -0.2) is 22.2 Å². The molecule has 0 spiro atoms. The second kappa shape index (κ2) is 6.45. The summed E-state index contributed by atoms with van der Waals surface area (Å²) in [5, 5.41) is 9.88. The molecule has 0 fully saturated rings. The fourth-order valence-corrected chi connectivity index (χ4v) is 2.53. The highest BCUT2D eigenvalue weighted by molar-refractivity contribution is 5.79. The molecular weight excluding hydrogens is 304 g/mol. The lowest BCUT2D eigenvalue weighted by Crippen LogP contribution is -2.14. The van der Waals surface area contributed by atoms with E-state index >= 15 is 0 Å². The van der Waals surface area contributed by atoms with Crippen LogP contribution in [-0.2, 0) is 0 Å². The summed E-state index contributed by atoms with van der Waals surface area (Å²) in [6, 6.07) is 16.2. The number of phenols is 1. The first-order valence-corrected chi connectivity index (χ1v) is 7.42. The molecule has 0 bridgehead atoms. The molecular formula is C18H18N4O2. The van der Waals surface area contributed by atoms with E-state index in [2.05, 4.69) is 9.97 Å². The molecule has 3 aromatic rings. The third-order valence-electron chi connectivity index (χ3n) is 3.49. The molecule has 0 atom stereocenters. The highest BCUT2D eigenvalue weighted by Crippen LogP contribution is 2.40. The number of aryl methyl sites for hydroxylation is 1. The number of nitrogens with zero attached hydrogens (tertiary/aromatic N) is 3. The molecule has 0 aliphatic rings. The molecule has 3 rings (SSSR count).